The quantitative estimate of drug-likeness (QED) is 0.394. The molecule has 0 aliphatic heterocycles. The summed E-state index contributed by atoms with van der Waals surface area (Å²) >= 11 is 0. The van der Waals surface area contributed by atoms with Gasteiger partial charge in [-0.2, -0.15) is 0 Å². The van der Waals surface area contributed by atoms with Gasteiger partial charge in [0.05, 0.1) is 13.2 Å². The van der Waals surface area contributed by atoms with E-state index in [1.54, 1.807) is 0 Å². The van der Waals surface area contributed by atoms with Crippen LogP contribution in [0.4, 0.5) is 0 Å². The first-order chi connectivity index (χ1) is 10.3. The summed E-state index contributed by atoms with van der Waals surface area (Å²) in [6.45, 7) is 7.75. The smallest absolute Gasteiger partial charge is 0.326 e. The molecule has 0 spiro atoms. The topological polar surface area (TPSA) is 27.7 Å². The molecule has 0 aromatic heterocycles. The maximum Gasteiger partial charge on any atom is 0.326 e. The van der Waals surface area contributed by atoms with E-state index in [0.717, 1.165) is 44.3 Å². The predicted octanol–water partition coefficient (Wildman–Crippen LogP) is 5.15. The highest BCUT2D eigenvalue weighted by molar-refractivity contribution is 5.21. The van der Waals surface area contributed by atoms with Crippen LogP contribution in [0, 0.1) is 0 Å². The largest absolute Gasteiger partial charge is 0.439 e. The Morgan fingerprint density at radius 3 is 1.86 bits per heavy atom. The molecule has 0 unspecified atom stereocenters. The van der Waals surface area contributed by atoms with Gasteiger partial charge in [-0.05, 0) is 31.4 Å². The number of benzene rings is 1. The molecule has 0 fully saturated rings. The Kier molecular flexibility index (Phi) is 9.11. The monoisotopic (exact) mass is 294 g/mol. The molecule has 3 heteroatoms. The first-order valence-electron chi connectivity index (χ1n) is 8.28. The fourth-order valence-corrected chi connectivity index (χ4v) is 2.01. The van der Waals surface area contributed by atoms with Crippen LogP contribution in [0.1, 0.15) is 59.3 Å². The van der Waals surface area contributed by atoms with Gasteiger partial charge < -0.3 is 14.2 Å². The van der Waals surface area contributed by atoms with Gasteiger partial charge in [0.15, 0.2) is 0 Å². The summed E-state index contributed by atoms with van der Waals surface area (Å²) in [4.78, 5) is 0. The molecule has 21 heavy (non-hydrogen) atoms. The number of hydrogen-bond donors (Lipinski definition) is 0. The van der Waals surface area contributed by atoms with Crippen LogP contribution in [0.15, 0.2) is 30.3 Å². The van der Waals surface area contributed by atoms with Crippen molar-refractivity contribution in [2.45, 2.75) is 65.3 Å². The van der Waals surface area contributed by atoms with E-state index in [1.807, 2.05) is 30.3 Å². The van der Waals surface area contributed by atoms with Crippen molar-refractivity contribution in [3.63, 3.8) is 0 Å². The number of hydrogen-bond acceptors (Lipinski definition) is 3. The van der Waals surface area contributed by atoms with Crippen molar-refractivity contribution in [2.75, 3.05) is 13.2 Å². The number of rotatable bonds is 12. The van der Waals surface area contributed by atoms with Gasteiger partial charge in [0.1, 0.15) is 5.75 Å². The van der Waals surface area contributed by atoms with Gasteiger partial charge in [-0.25, -0.2) is 0 Å². The molecular formula is C18H30O3. The minimum atomic E-state index is -0.944. The van der Waals surface area contributed by atoms with Crippen LogP contribution in [0.5, 0.6) is 5.75 Å². The second-order valence-corrected chi connectivity index (χ2v) is 5.25. The van der Waals surface area contributed by atoms with Crippen molar-refractivity contribution in [3.8, 4) is 5.75 Å². The second-order valence-electron chi connectivity index (χ2n) is 5.25. The molecule has 1 aromatic carbocycles. The summed E-state index contributed by atoms with van der Waals surface area (Å²) < 4.78 is 18.1. The van der Waals surface area contributed by atoms with Crippen LogP contribution in [0.25, 0.3) is 0 Å². The van der Waals surface area contributed by atoms with Crippen molar-refractivity contribution >= 4 is 0 Å². The normalized spacial score (nSPS) is 11.6. The second kappa shape index (κ2) is 10.6. The molecular weight excluding hydrogens is 264 g/mol. The van der Waals surface area contributed by atoms with E-state index >= 15 is 0 Å². The minimum absolute atomic E-state index is 0.662. The van der Waals surface area contributed by atoms with E-state index in [0.29, 0.717) is 13.2 Å². The summed E-state index contributed by atoms with van der Waals surface area (Å²) in [5.41, 5.74) is 0. The molecule has 0 bridgehead atoms. The Hall–Kier alpha value is -1.06. The third kappa shape index (κ3) is 6.96. The molecule has 0 heterocycles. The Morgan fingerprint density at radius 1 is 0.810 bits per heavy atom. The van der Waals surface area contributed by atoms with E-state index in [9.17, 15) is 0 Å². The molecule has 3 nitrogen and oxygen atoms in total. The lowest BCUT2D eigenvalue weighted by atomic mass is 10.2. The lowest BCUT2D eigenvalue weighted by Crippen LogP contribution is -2.43. The Balaban J connectivity index is 2.76. The summed E-state index contributed by atoms with van der Waals surface area (Å²) in [5, 5.41) is 0. The minimum Gasteiger partial charge on any atom is -0.439 e. The highest BCUT2D eigenvalue weighted by Gasteiger charge is 2.34. The summed E-state index contributed by atoms with van der Waals surface area (Å²) in [5.74, 6) is -0.153. The summed E-state index contributed by atoms with van der Waals surface area (Å²) in [6.07, 6.45) is 5.91. The lowest BCUT2D eigenvalue weighted by molar-refractivity contribution is -0.347. The maximum atomic E-state index is 6.09. The lowest BCUT2D eigenvalue weighted by Gasteiger charge is -2.33. The van der Waals surface area contributed by atoms with Gasteiger partial charge in [0.2, 0.25) is 0 Å². The number of ether oxygens (including phenoxy) is 3. The molecule has 0 N–H and O–H groups in total. The van der Waals surface area contributed by atoms with Gasteiger partial charge in [-0.3, -0.25) is 0 Å². The fraction of sp³-hybridized carbons (Fsp3) is 0.667. The molecule has 0 atom stereocenters. The van der Waals surface area contributed by atoms with Crippen LogP contribution in [-0.4, -0.2) is 19.2 Å². The van der Waals surface area contributed by atoms with Crippen LogP contribution in [0.2, 0.25) is 0 Å². The van der Waals surface area contributed by atoms with E-state index in [-0.39, 0.29) is 0 Å². The van der Waals surface area contributed by atoms with Crippen molar-refractivity contribution in [2.24, 2.45) is 0 Å². The molecule has 1 rings (SSSR count). The fourth-order valence-electron chi connectivity index (χ4n) is 2.01. The van der Waals surface area contributed by atoms with Crippen molar-refractivity contribution in [3.05, 3.63) is 30.3 Å². The average molecular weight is 294 g/mol. The Bertz CT molecular complexity index is 341. The molecule has 1 aromatic rings. The van der Waals surface area contributed by atoms with E-state index in [1.165, 1.54) is 0 Å². The SMILES string of the molecule is CCCCOC(CCC)(OCCCC)Oc1ccccc1. The molecule has 0 aliphatic rings. The van der Waals surface area contributed by atoms with E-state index in [4.69, 9.17) is 14.2 Å². The summed E-state index contributed by atoms with van der Waals surface area (Å²) in [6, 6.07) is 9.78. The van der Waals surface area contributed by atoms with Crippen LogP contribution in [0.3, 0.4) is 0 Å². The zero-order valence-corrected chi connectivity index (χ0v) is 13.8. The number of para-hydroxylation sites is 1. The van der Waals surface area contributed by atoms with Gasteiger partial charge >= 0.3 is 5.97 Å². The zero-order valence-electron chi connectivity index (χ0n) is 13.8. The maximum absolute atomic E-state index is 6.09. The van der Waals surface area contributed by atoms with Crippen LogP contribution < -0.4 is 4.74 Å². The molecule has 0 saturated heterocycles. The standard InChI is InChI=1S/C18H30O3/c1-4-7-15-19-18(14-6-3,20-16-8-5-2)21-17-12-10-9-11-13-17/h9-13H,4-8,14-16H2,1-3H3. The van der Waals surface area contributed by atoms with Gasteiger partial charge in [-0.15, -0.1) is 0 Å². The van der Waals surface area contributed by atoms with Gasteiger partial charge in [0, 0.05) is 6.42 Å². The van der Waals surface area contributed by atoms with Crippen LogP contribution in [-0.2, 0) is 9.47 Å². The van der Waals surface area contributed by atoms with Crippen LogP contribution >= 0.6 is 0 Å². The first-order valence-corrected chi connectivity index (χ1v) is 8.28. The third-order valence-electron chi connectivity index (χ3n) is 3.21. The molecule has 0 aliphatic carbocycles. The van der Waals surface area contributed by atoms with Crippen molar-refractivity contribution in [1.82, 2.24) is 0 Å². The predicted molar refractivity (Wildman–Crippen MR) is 86.4 cm³/mol. The highest BCUT2D eigenvalue weighted by Crippen LogP contribution is 2.26. The third-order valence-corrected chi connectivity index (χ3v) is 3.21. The van der Waals surface area contributed by atoms with E-state index < -0.39 is 5.97 Å². The Labute approximate surface area is 129 Å². The summed E-state index contributed by atoms with van der Waals surface area (Å²) in [7, 11) is 0. The average Bonchev–Trinajstić information content (AvgIpc) is 2.49. The van der Waals surface area contributed by atoms with Gasteiger partial charge in [-0.1, -0.05) is 51.8 Å². The van der Waals surface area contributed by atoms with Crippen molar-refractivity contribution in [1.29, 1.82) is 0 Å². The van der Waals surface area contributed by atoms with E-state index in [2.05, 4.69) is 20.8 Å². The zero-order chi connectivity index (χ0) is 15.4. The van der Waals surface area contributed by atoms with Gasteiger partial charge in [0.25, 0.3) is 0 Å². The Morgan fingerprint density at radius 2 is 1.38 bits per heavy atom. The molecule has 0 radical (unpaired) electrons. The molecule has 120 valence electrons. The number of unbranched alkanes of at least 4 members (excludes halogenated alkanes) is 2. The molecule has 0 amide bonds. The highest BCUT2D eigenvalue weighted by atomic mass is 16.9. The molecule has 0 saturated carbocycles. The first kappa shape index (κ1) is 18.0. The van der Waals surface area contributed by atoms with Crippen molar-refractivity contribution < 1.29 is 14.2 Å².